The first-order chi connectivity index (χ1) is 9.90. The van der Waals surface area contributed by atoms with E-state index in [1.807, 2.05) is 12.1 Å². The number of hydrogen-bond acceptors (Lipinski definition) is 2. The van der Waals surface area contributed by atoms with Crippen LogP contribution in [0.2, 0.25) is 0 Å². The van der Waals surface area contributed by atoms with Crippen molar-refractivity contribution in [1.82, 2.24) is 16.2 Å². The first kappa shape index (κ1) is 17.7. The Bertz CT molecular complexity index is 500. The topological polar surface area (TPSA) is 48.1 Å². The highest BCUT2D eigenvalue weighted by atomic mass is 32.1. The molecule has 0 atom stereocenters. The molecule has 0 saturated heterocycles. The van der Waals surface area contributed by atoms with Gasteiger partial charge >= 0.3 is 0 Å². The lowest BCUT2D eigenvalue weighted by molar-refractivity contribution is 0.575. The van der Waals surface area contributed by atoms with Gasteiger partial charge in [0, 0.05) is 12.2 Å². The van der Waals surface area contributed by atoms with Gasteiger partial charge in [0.25, 0.3) is 0 Å². The molecule has 21 heavy (non-hydrogen) atoms. The number of rotatable bonds is 4. The quantitative estimate of drug-likeness (QED) is 0.504. The number of hydrazine groups is 1. The van der Waals surface area contributed by atoms with Gasteiger partial charge in [0.1, 0.15) is 0 Å². The summed E-state index contributed by atoms with van der Waals surface area (Å²) in [6.45, 7) is 9.34. The summed E-state index contributed by atoms with van der Waals surface area (Å²) in [6.07, 6.45) is 1.08. The summed E-state index contributed by atoms with van der Waals surface area (Å²) in [5.41, 5.74) is 9.16. The van der Waals surface area contributed by atoms with Gasteiger partial charge in [-0.2, -0.15) is 0 Å². The van der Waals surface area contributed by atoms with E-state index in [9.17, 15) is 0 Å². The normalized spacial score (nSPS) is 10.1. The third kappa shape index (κ3) is 6.73. The fraction of sp³-hybridized carbons (Fsp3) is 0.467. The van der Waals surface area contributed by atoms with E-state index in [1.165, 1.54) is 11.1 Å². The minimum Gasteiger partial charge on any atom is -0.361 e. The Morgan fingerprint density at radius 3 is 2.43 bits per heavy atom. The molecule has 0 aliphatic rings. The van der Waals surface area contributed by atoms with E-state index in [4.69, 9.17) is 24.4 Å². The second kappa shape index (κ2) is 8.79. The van der Waals surface area contributed by atoms with Crippen LogP contribution in [-0.2, 0) is 0 Å². The number of anilines is 1. The fourth-order valence-corrected chi connectivity index (χ4v) is 1.99. The van der Waals surface area contributed by atoms with Crippen molar-refractivity contribution in [1.29, 1.82) is 0 Å². The van der Waals surface area contributed by atoms with Crippen LogP contribution in [0.25, 0.3) is 0 Å². The molecule has 4 nitrogen and oxygen atoms in total. The predicted molar refractivity (Wildman–Crippen MR) is 98.5 cm³/mol. The second-order valence-electron chi connectivity index (χ2n) is 5.39. The summed E-state index contributed by atoms with van der Waals surface area (Å²) in [5, 5.41) is 7.30. The third-order valence-electron chi connectivity index (χ3n) is 3.15. The highest BCUT2D eigenvalue weighted by molar-refractivity contribution is 7.80. The van der Waals surface area contributed by atoms with Gasteiger partial charge in [0.2, 0.25) is 0 Å². The van der Waals surface area contributed by atoms with Gasteiger partial charge in [0.15, 0.2) is 10.2 Å². The average Bonchev–Trinajstić information content (AvgIpc) is 2.41. The Balaban J connectivity index is 2.34. The largest absolute Gasteiger partial charge is 0.361 e. The maximum Gasteiger partial charge on any atom is 0.189 e. The molecule has 4 N–H and O–H groups in total. The van der Waals surface area contributed by atoms with Crippen molar-refractivity contribution in [3.05, 3.63) is 29.3 Å². The van der Waals surface area contributed by atoms with Crippen molar-refractivity contribution >= 4 is 40.3 Å². The van der Waals surface area contributed by atoms with Gasteiger partial charge < -0.3 is 10.6 Å². The zero-order chi connectivity index (χ0) is 15.8. The summed E-state index contributed by atoms with van der Waals surface area (Å²) in [5.74, 6) is 0.653. The minimum absolute atomic E-state index is 0.483. The van der Waals surface area contributed by atoms with E-state index < -0.39 is 0 Å². The van der Waals surface area contributed by atoms with Gasteiger partial charge in [-0.3, -0.25) is 10.9 Å². The van der Waals surface area contributed by atoms with E-state index in [-0.39, 0.29) is 0 Å². The molecular formula is C15H24N4S2. The molecule has 0 spiro atoms. The van der Waals surface area contributed by atoms with Gasteiger partial charge in [-0.1, -0.05) is 26.0 Å². The molecule has 0 aromatic heterocycles. The van der Waals surface area contributed by atoms with Gasteiger partial charge in [-0.25, -0.2) is 0 Å². The SMILES string of the molecule is Cc1cccc(NC(=S)NNC(=S)NCCC(C)C)c1C. The molecule has 0 amide bonds. The molecule has 0 radical (unpaired) electrons. The van der Waals surface area contributed by atoms with Crippen LogP contribution < -0.4 is 21.5 Å². The molecule has 1 rings (SSSR count). The smallest absolute Gasteiger partial charge is 0.189 e. The van der Waals surface area contributed by atoms with Crippen molar-refractivity contribution in [2.75, 3.05) is 11.9 Å². The molecule has 0 unspecified atom stereocenters. The highest BCUT2D eigenvalue weighted by Crippen LogP contribution is 2.17. The van der Waals surface area contributed by atoms with Crippen molar-refractivity contribution in [2.24, 2.45) is 5.92 Å². The summed E-state index contributed by atoms with van der Waals surface area (Å²) >= 11 is 10.4. The lowest BCUT2D eigenvalue weighted by Crippen LogP contribution is -2.48. The Kier molecular flexibility index (Phi) is 7.39. The van der Waals surface area contributed by atoms with Crippen molar-refractivity contribution in [3.63, 3.8) is 0 Å². The average molecular weight is 325 g/mol. The maximum absolute atomic E-state index is 5.24. The third-order valence-corrected chi connectivity index (χ3v) is 3.60. The first-order valence-corrected chi connectivity index (χ1v) is 7.89. The number of benzene rings is 1. The zero-order valence-electron chi connectivity index (χ0n) is 13.0. The maximum atomic E-state index is 5.24. The molecule has 0 bridgehead atoms. The highest BCUT2D eigenvalue weighted by Gasteiger charge is 2.03. The molecule has 0 fully saturated rings. The molecule has 0 aliphatic carbocycles. The standard InChI is InChI=1S/C15H24N4S2/c1-10(2)8-9-16-14(20)18-19-15(21)17-13-7-5-6-11(3)12(13)4/h5-7,10H,8-9H2,1-4H3,(H2,16,18,20)(H2,17,19,21). The van der Waals surface area contributed by atoms with Crippen LogP contribution in [0.1, 0.15) is 31.4 Å². The van der Waals surface area contributed by atoms with Crippen molar-refractivity contribution in [3.8, 4) is 0 Å². The van der Waals surface area contributed by atoms with Crippen LogP contribution >= 0.6 is 24.4 Å². The molecule has 6 heteroatoms. The van der Waals surface area contributed by atoms with E-state index in [0.29, 0.717) is 16.1 Å². The zero-order valence-corrected chi connectivity index (χ0v) is 14.7. The Labute approximate surface area is 138 Å². The van der Waals surface area contributed by atoms with E-state index in [2.05, 4.69) is 55.2 Å². The Morgan fingerprint density at radius 2 is 1.76 bits per heavy atom. The van der Waals surface area contributed by atoms with Crippen molar-refractivity contribution in [2.45, 2.75) is 34.1 Å². The molecule has 0 heterocycles. The van der Waals surface area contributed by atoms with E-state index >= 15 is 0 Å². The summed E-state index contributed by atoms with van der Waals surface area (Å²) in [6, 6.07) is 6.07. The number of hydrogen-bond donors (Lipinski definition) is 4. The van der Waals surface area contributed by atoms with Gasteiger partial charge in [-0.05, 0) is 67.8 Å². The predicted octanol–water partition coefficient (Wildman–Crippen LogP) is 3.02. The number of nitrogens with one attached hydrogen (secondary N) is 4. The molecule has 1 aromatic carbocycles. The van der Waals surface area contributed by atoms with E-state index in [1.54, 1.807) is 0 Å². The van der Waals surface area contributed by atoms with Crippen LogP contribution in [0, 0.1) is 19.8 Å². The van der Waals surface area contributed by atoms with Crippen LogP contribution in [0.15, 0.2) is 18.2 Å². The molecule has 0 aliphatic heterocycles. The second-order valence-corrected chi connectivity index (χ2v) is 6.21. The van der Waals surface area contributed by atoms with Gasteiger partial charge in [0.05, 0.1) is 0 Å². The Hall–Kier alpha value is -1.40. The number of thiocarbonyl (C=S) groups is 2. The monoisotopic (exact) mass is 324 g/mol. The van der Waals surface area contributed by atoms with Crippen LogP contribution in [0.5, 0.6) is 0 Å². The number of aryl methyl sites for hydroxylation is 1. The lowest BCUT2D eigenvalue weighted by Gasteiger charge is -2.16. The van der Waals surface area contributed by atoms with Crippen LogP contribution in [0.3, 0.4) is 0 Å². The fourth-order valence-electron chi connectivity index (χ4n) is 1.67. The molecule has 0 saturated carbocycles. The molecule has 116 valence electrons. The van der Waals surface area contributed by atoms with Crippen LogP contribution in [-0.4, -0.2) is 16.8 Å². The summed E-state index contributed by atoms with van der Waals surface area (Å²) < 4.78 is 0. The van der Waals surface area contributed by atoms with Crippen molar-refractivity contribution < 1.29 is 0 Å². The first-order valence-electron chi connectivity index (χ1n) is 7.07. The summed E-state index contributed by atoms with van der Waals surface area (Å²) in [4.78, 5) is 0. The molecular weight excluding hydrogens is 300 g/mol. The Morgan fingerprint density at radius 1 is 1.10 bits per heavy atom. The van der Waals surface area contributed by atoms with Crippen LogP contribution in [0.4, 0.5) is 5.69 Å². The minimum atomic E-state index is 0.483. The van der Waals surface area contributed by atoms with Gasteiger partial charge in [-0.15, -0.1) is 0 Å². The van der Waals surface area contributed by atoms with E-state index in [0.717, 1.165) is 18.7 Å². The summed E-state index contributed by atoms with van der Waals surface area (Å²) in [7, 11) is 0. The molecule has 1 aromatic rings. The lowest BCUT2D eigenvalue weighted by atomic mass is 10.1.